The fourth-order valence-corrected chi connectivity index (χ4v) is 2.92. The van der Waals surface area contributed by atoms with Crippen molar-refractivity contribution in [2.45, 2.75) is 31.7 Å². The van der Waals surface area contributed by atoms with Gasteiger partial charge in [-0.2, -0.15) is 0 Å². The lowest BCUT2D eigenvalue weighted by molar-refractivity contribution is -0.133. The van der Waals surface area contributed by atoms with Crippen LogP contribution in [0, 0.1) is 0 Å². The molecule has 112 valence electrons. The highest BCUT2D eigenvalue weighted by molar-refractivity contribution is 6.07. The minimum Gasteiger partial charge on any atom is -0.396 e. The van der Waals surface area contributed by atoms with Crippen LogP contribution in [0.15, 0.2) is 12.2 Å². The summed E-state index contributed by atoms with van der Waals surface area (Å²) < 4.78 is 0. The van der Waals surface area contributed by atoms with E-state index in [0.717, 1.165) is 25.2 Å². The summed E-state index contributed by atoms with van der Waals surface area (Å²) >= 11 is 0. The number of amides is 3. The molecule has 2 saturated heterocycles. The van der Waals surface area contributed by atoms with Crippen LogP contribution in [0.3, 0.4) is 0 Å². The zero-order valence-corrected chi connectivity index (χ0v) is 12.0. The molecular formula is C14H23N3O3. The summed E-state index contributed by atoms with van der Waals surface area (Å²) in [4.78, 5) is 27.9. The van der Waals surface area contributed by atoms with Crippen LogP contribution in [0.1, 0.15) is 26.2 Å². The Balaban J connectivity index is 1.98. The van der Waals surface area contributed by atoms with Crippen LogP contribution in [-0.2, 0) is 4.79 Å². The molecule has 0 bridgehead atoms. The summed E-state index contributed by atoms with van der Waals surface area (Å²) in [7, 11) is 0. The molecule has 0 aromatic carbocycles. The number of aliphatic hydroxyl groups excluding tert-OH is 1. The van der Waals surface area contributed by atoms with E-state index in [4.69, 9.17) is 5.11 Å². The molecule has 6 nitrogen and oxygen atoms in total. The molecule has 6 heteroatoms. The number of urea groups is 1. The van der Waals surface area contributed by atoms with Gasteiger partial charge in [0.1, 0.15) is 5.54 Å². The molecule has 0 aromatic rings. The van der Waals surface area contributed by atoms with Gasteiger partial charge in [-0.1, -0.05) is 12.2 Å². The number of piperidine rings is 1. The Morgan fingerprint density at radius 2 is 2.05 bits per heavy atom. The fourth-order valence-electron chi connectivity index (χ4n) is 2.92. The van der Waals surface area contributed by atoms with E-state index in [-0.39, 0.29) is 18.5 Å². The predicted octanol–water partition coefficient (Wildman–Crippen LogP) is 0.331. The normalized spacial score (nSPS) is 22.4. The molecule has 0 radical (unpaired) electrons. The monoisotopic (exact) mass is 281 g/mol. The van der Waals surface area contributed by atoms with Crippen LogP contribution in [0.25, 0.3) is 0 Å². The van der Waals surface area contributed by atoms with E-state index in [9.17, 15) is 9.59 Å². The standard InChI is InChI=1S/C14H23N3O3/c1-11(2)10-16-7-4-14(5-8-16)12(19)17(6-3-9-18)13(20)15-14/h18H,1,3-10H2,2H3,(H,15,20). The van der Waals surface area contributed by atoms with Crippen molar-refractivity contribution in [2.75, 3.05) is 32.8 Å². The van der Waals surface area contributed by atoms with Crippen molar-refractivity contribution < 1.29 is 14.7 Å². The number of nitrogens with zero attached hydrogens (tertiary/aromatic N) is 2. The molecule has 0 aliphatic carbocycles. The number of carbonyl (C=O) groups excluding carboxylic acids is 2. The first-order valence-electron chi connectivity index (χ1n) is 7.10. The van der Waals surface area contributed by atoms with Gasteiger partial charge < -0.3 is 10.4 Å². The summed E-state index contributed by atoms with van der Waals surface area (Å²) in [5, 5.41) is 11.7. The Kier molecular flexibility index (Phi) is 4.45. The minimum absolute atomic E-state index is 0.0174. The smallest absolute Gasteiger partial charge is 0.325 e. The van der Waals surface area contributed by atoms with Gasteiger partial charge in [0.05, 0.1) is 0 Å². The highest BCUT2D eigenvalue weighted by atomic mass is 16.3. The Bertz CT molecular complexity index is 414. The van der Waals surface area contributed by atoms with Crippen LogP contribution < -0.4 is 5.32 Å². The van der Waals surface area contributed by atoms with Crippen LogP contribution in [-0.4, -0.2) is 65.2 Å². The molecule has 0 saturated carbocycles. The quantitative estimate of drug-likeness (QED) is 0.563. The van der Waals surface area contributed by atoms with Gasteiger partial charge in [0.25, 0.3) is 5.91 Å². The number of hydrogen-bond donors (Lipinski definition) is 2. The van der Waals surface area contributed by atoms with E-state index in [1.165, 1.54) is 4.90 Å². The molecule has 2 rings (SSSR count). The highest BCUT2D eigenvalue weighted by Gasteiger charge is 2.51. The molecule has 2 fully saturated rings. The molecule has 0 unspecified atom stereocenters. The summed E-state index contributed by atoms with van der Waals surface area (Å²) in [5.74, 6) is -0.133. The van der Waals surface area contributed by atoms with Crippen LogP contribution >= 0.6 is 0 Å². The van der Waals surface area contributed by atoms with Crippen molar-refractivity contribution in [1.29, 1.82) is 0 Å². The lowest BCUT2D eigenvalue weighted by Crippen LogP contribution is -2.55. The molecule has 20 heavy (non-hydrogen) atoms. The SMILES string of the molecule is C=C(C)CN1CCC2(CC1)NC(=O)N(CCCO)C2=O. The van der Waals surface area contributed by atoms with E-state index in [1.807, 2.05) is 6.92 Å². The minimum atomic E-state index is -0.724. The maximum absolute atomic E-state index is 12.5. The van der Waals surface area contributed by atoms with Gasteiger partial charge in [-0.3, -0.25) is 14.6 Å². The molecule has 0 atom stereocenters. The molecule has 3 amide bonds. The zero-order valence-electron chi connectivity index (χ0n) is 12.0. The van der Waals surface area contributed by atoms with Gasteiger partial charge in [-0.25, -0.2) is 4.79 Å². The lowest BCUT2D eigenvalue weighted by Gasteiger charge is -2.37. The van der Waals surface area contributed by atoms with Crippen LogP contribution in [0.2, 0.25) is 0 Å². The number of imide groups is 1. The van der Waals surface area contributed by atoms with E-state index >= 15 is 0 Å². The second-order valence-corrected chi connectivity index (χ2v) is 5.78. The van der Waals surface area contributed by atoms with Gasteiger partial charge in [0.2, 0.25) is 0 Å². The van der Waals surface area contributed by atoms with Gasteiger partial charge in [0.15, 0.2) is 0 Å². The number of aliphatic hydroxyl groups is 1. The highest BCUT2D eigenvalue weighted by Crippen LogP contribution is 2.29. The average molecular weight is 281 g/mol. The summed E-state index contributed by atoms with van der Waals surface area (Å²) in [6.07, 6.45) is 1.71. The second-order valence-electron chi connectivity index (χ2n) is 5.78. The first-order chi connectivity index (χ1) is 9.48. The molecule has 2 heterocycles. The Morgan fingerprint density at radius 1 is 1.40 bits per heavy atom. The van der Waals surface area contributed by atoms with Crippen molar-refractivity contribution in [3.05, 3.63) is 12.2 Å². The third-order valence-electron chi connectivity index (χ3n) is 3.99. The molecule has 0 aromatic heterocycles. The average Bonchev–Trinajstić information content (AvgIpc) is 2.62. The zero-order chi connectivity index (χ0) is 14.8. The third kappa shape index (κ3) is 2.86. The summed E-state index contributed by atoms with van der Waals surface area (Å²) in [6, 6.07) is -0.322. The maximum atomic E-state index is 12.5. The third-order valence-corrected chi connectivity index (χ3v) is 3.99. The Morgan fingerprint density at radius 3 is 2.60 bits per heavy atom. The first-order valence-corrected chi connectivity index (χ1v) is 7.10. The van der Waals surface area contributed by atoms with Crippen molar-refractivity contribution in [3.63, 3.8) is 0 Å². The number of hydrogen-bond acceptors (Lipinski definition) is 4. The second kappa shape index (κ2) is 5.93. The molecular weight excluding hydrogens is 258 g/mol. The Hall–Kier alpha value is -1.40. The van der Waals surface area contributed by atoms with E-state index in [2.05, 4.69) is 16.8 Å². The van der Waals surface area contributed by atoms with Crippen molar-refractivity contribution in [2.24, 2.45) is 0 Å². The van der Waals surface area contributed by atoms with Crippen LogP contribution in [0.4, 0.5) is 4.79 Å². The number of likely N-dealkylation sites (tertiary alicyclic amines) is 1. The van der Waals surface area contributed by atoms with Gasteiger partial charge in [0, 0.05) is 32.8 Å². The van der Waals surface area contributed by atoms with E-state index in [0.29, 0.717) is 25.8 Å². The number of carbonyl (C=O) groups is 2. The molecule has 2 aliphatic rings. The first kappa shape index (κ1) is 15.0. The topological polar surface area (TPSA) is 72.9 Å². The van der Waals surface area contributed by atoms with Gasteiger partial charge in [-0.15, -0.1) is 0 Å². The molecule has 1 spiro atoms. The molecule has 2 aliphatic heterocycles. The van der Waals surface area contributed by atoms with Gasteiger partial charge in [-0.05, 0) is 26.2 Å². The maximum Gasteiger partial charge on any atom is 0.325 e. The van der Waals surface area contributed by atoms with Crippen molar-refractivity contribution in [3.8, 4) is 0 Å². The van der Waals surface area contributed by atoms with Gasteiger partial charge >= 0.3 is 6.03 Å². The molecule has 2 N–H and O–H groups in total. The van der Waals surface area contributed by atoms with E-state index < -0.39 is 5.54 Å². The van der Waals surface area contributed by atoms with E-state index in [1.54, 1.807) is 0 Å². The largest absolute Gasteiger partial charge is 0.396 e. The number of nitrogens with one attached hydrogen (secondary N) is 1. The Labute approximate surface area is 119 Å². The van der Waals surface area contributed by atoms with Crippen molar-refractivity contribution >= 4 is 11.9 Å². The fraction of sp³-hybridized carbons (Fsp3) is 0.714. The predicted molar refractivity (Wildman–Crippen MR) is 75.2 cm³/mol. The van der Waals surface area contributed by atoms with Crippen molar-refractivity contribution in [1.82, 2.24) is 15.1 Å². The lowest BCUT2D eigenvalue weighted by atomic mass is 9.87. The van der Waals surface area contributed by atoms with Crippen LogP contribution in [0.5, 0.6) is 0 Å². The summed E-state index contributed by atoms with van der Waals surface area (Å²) in [6.45, 7) is 8.57. The summed E-state index contributed by atoms with van der Waals surface area (Å²) in [5.41, 5.74) is 0.380. The number of rotatable bonds is 5.